The Morgan fingerprint density at radius 2 is 2.37 bits per heavy atom. The van der Waals surface area contributed by atoms with Crippen molar-refractivity contribution in [2.75, 3.05) is 19.8 Å². The number of ether oxygens (including phenoxy) is 1. The van der Waals surface area contributed by atoms with E-state index in [1.54, 1.807) is 6.07 Å². The molecule has 1 fully saturated rings. The van der Waals surface area contributed by atoms with Gasteiger partial charge in [-0.25, -0.2) is 0 Å². The van der Waals surface area contributed by atoms with E-state index >= 15 is 0 Å². The molecule has 0 radical (unpaired) electrons. The van der Waals surface area contributed by atoms with Gasteiger partial charge in [0.15, 0.2) is 0 Å². The van der Waals surface area contributed by atoms with Gasteiger partial charge in [0.1, 0.15) is 0 Å². The van der Waals surface area contributed by atoms with Crippen LogP contribution < -0.4 is 5.32 Å². The summed E-state index contributed by atoms with van der Waals surface area (Å²) in [6.07, 6.45) is 2.30. The number of rotatable bonds is 5. The first-order valence-electron chi connectivity index (χ1n) is 6.38. The largest absolute Gasteiger partial charge is 0.381 e. The molecule has 1 N–H and O–H groups in total. The number of hydrogen-bond acceptors (Lipinski definition) is 4. The number of nitrogens with zero attached hydrogens (tertiary/aromatic N) is 1. The van der Waals surface area contributed by atoms with E-state index in [9.17, 15) is 10.1 Å². The van der Waals surface area contributed by atoms with Gasteiger partial charge < -0.3 is 10.1 Å². The van der Waals surface area contributed by atoms with Gasteiger partial charge in [0.25, 0.3) is 5.69 Å². The number of hydrogen-bond donors (Lipinski definition) is 1. The van der Waals surface area contributed by atoms with Crippen molar-refractivity contribution in [3.05, 3.63) is 38.3 Å². The van der Waals surface area contributed by atoms with Crippen LogP contribution in [-0.4, -0.2) is 24.7 Å². The van der Waals surface area contributed by atoms with Crippen LogP contribution in [0, 0.1) is 16.0 Å². The lowest BCUT2D eigenvalue weighted by atomic mass is 10.0. The number of nitrogens with one attached hydrogen (secondary N) is 1. The van der Waals surface area contributed by atoms with Gasteiger partial charge >= 0.3 is 0 Å². The first-order valence-corrected chi connectivity index (χ1v) is 7.18. The number of benzene rings is 1. The van der Waals surface area contributed by atoms with Gasteiger partial charge in [-0.05, 0) is 40.3 Å². The Morgan fingerprint density at radius 3 is 3.05 bits per heavy atom. The minimum atomic E-state index is -0.372. The van der Waals surface area contributed by atoms with Crippen molar-refractivity contribution in [3.63, 3.8) is 0 Å². The third-order valence-electron chi connectivity index (χ3n) is 3.26. The summed E-state index contributed by atoms with van der Waals surface area (Å²) < 4.78 is 5.98. The highest BCUT2D eigenvalue weighted by Gasteiger charge is 2.16. The molecule has 0 amide bonds. The molecule has 0 aliphatic carbocycles. The van der Waals surface area contributed by atoms with E-state index in [4.69, 9.17) is 4.74 Å². The van der Waals surface area contributed by atoms with Gasteiger partial charge in [-0.3, -0.25) is 10.1 Å². The van der Waals surface area contributed by atoms with Gasteiger partial charge in [0.05, 0.1) is 16.0 Å². The summed E-state index contributed by atoms with van der Waals surface area (Å²) in [4.78, 5) is 10.5. The predicted molar refractivity (Wildman–Crippen MR) is 76.0 cm³/mol. The maximum Gasteiger partial charge on any atom is 0.283 e. The van der Waals surface area contributed by atoms with Crippen molar-refractivity contribution in [1.82, 2.24) is 5.32 Å². The van der Waals surface area contributed by atoms with Crippen molar-refractivity contribution in [1.29, 1.82) is 0 Å². The van der Waals surface area contributed by atoms with Crippen molar-refractivity contribution in [3.8, 4) is 0 Å². The quantitative estimate of drug-likeness (QED) is 0.666. The number of nitro benzene ring substituents is 1. The maximum atomic E-state index is 10.8. The lowest BCUT2D eigenvalue weighted by molar-refractivity contribution is -0.385. The number of nitro groups is 1. The molecule has 1 aromatic carbocycles. The molecular formula is C13H17BrN2O3. The lowest BCUT2D eigenvalue weighted by Gasteiger charge is -2.22. The summed E-state index contributed by atoms with van der Waals surface area (Å²) in [7, 11) is 0. The molecule has 1 heterocycles. The van der Waals surface area contributed by atoms with Crippen LogP contribution in [0.1, 0.15) is 18.4 Å². The fourth-order valence-electron chi connectivity index (χ4n) is 2.22. The summed E-state index contributed by atoms with van der Waals surface area (Å²) in [5, 5.41) is 14.2. The van der Waals surface area contributed by atoms with Crippen molar-refractivity contribution in [2.24, 2.45) is 5.92 Å². The van der Waals surface area contributed by atoms with E-state index in [0.717, 1.165) is 31.7 Å². The predicted octanol–water partition coefficient (Wildman–Crippen LogP) is 2.87. The molecular weight excluding hydrogens is 312 g/mol. The monoisotopic (exact) mass is 328 g/mol. The second kappa shape index (κ2) is 6.98. The Hall–Kier alpha value is -0.980. The Morgan fingerprint density at radius 1 is 1.53 bits per heavy atom. The van der Waals surface area contributed by atoms with Crippen LogP contribution in [0.2, 0.25) is 0 Å². The molecule has 1 saturated heterocycles. The van der Waals surface area contributed by atoms with Crippen LogP contribution in [0.4, 0.5) is 5.69 Å². The van der Waals surface area contributed by atoms with Crippen LogP contribution >= 0.6 is 15.9 Å². The van der Waals surface area contributed by atoms with Gasteiger partial charge in [-0.2, -0.15) is 0 Å². The fraction of sp³-hybridized carbons (Fsp3) is 0.538. The van der Waals surface area contributed by atoms with E-state index < -0.39 is 0 Å². The van der Waals surface area contributed by atoms with E-state index in [2.05, 4.69) is 21.2 Å². The standard InChI is InChI=1S/C13H17BrN2O3/c14-13-11(4-1-5-12(13)16(17)18)8-15-7-10-3-2-6-19-9-10/h1,4-5,10,15H,2-3,6-9H2. The zero-order chi connectivity index (χ0) is 13.7. The third-order valence-corrected chi connectivity index (χ3v) is 4.17. The van der Waals surface area contributed by atoms with Crippen LogP contribution in [0.5, 0.6) is 0 Å². The molecule has 1 atom stereocenters. The first-order chi connectivity index (χ1) is 9.18. The third kappa shape index (κ3) is 3.99. The Kier molecular flexibility index (Phi) is 5.30. The van der Waals surface area contributed by atoms with Crippen LogP contribution in [0.15, 0.2) is 22.7 Å². The zero-order valence-corrected chi connectivity index (χ0v) is 12.2. The zero-order valence-electron chi connectivity index (χ0n) is 10.6. The SMILES string of the molecule is O=[N+]([O-])c1cccc(CNCC2CCCOC2)c1Br. The highest BCUT2D eigenvalue weighted by molar-refractivity contribution is 9.10. The minimum absolute atomic E-state index is 0.111. The smallest absolute Gasteiger partial charge is 0.283 e. The molecule has 19 heavy (non-hydrogen) atoms. The second-order valence-corrected chi connectivity index (χ2v) is 5.51. The van der Waals surface area contributed by atoms with Gasteiger partial charge in [-0.1, -0.05) is 12.1 Å². The molecule has 104 valence electrons. The van der Waals surface area contributed by atoms with E-state index in [1.165, 1.54) is 12.5 Å². The summed E-state index contributed by atoms with van der Waals surface area (Å²) in [5.74, 6) is 0.547. The van der Waals surface area contributed by atoms with Crippen LogP contribution in [-0.2, 0) is 11.3 Å². The molecule has 1 aliphatic heterocycles. The average Bonchev–Trinajstić information content (AvgIpc) is 2.41. The fourth-order valence-corrected chi connectivity index (χ4v) is 2.77. The highest BCUT2D eigenvalue weighted by atomic mass is 79.9. The lowest BCUT2D eigenvalue weighted by Crippen LogP contribution is -2.29. The molecule has 1 aromatic rings. The Bertz CT molecular complexity index is 448. The van der Waals surface area contributed by atoms with Gasteiger partial charge in [0.2, 0.25) is 0 Å². The average molecular weight is 329 g/mol. The molecule has 5 nitrogen and oxygen atoms in total. The van der Waals surface area contributed by atoms with E-state index in [0.29, 0.717) is 16.9 Å². The second-order valence-electron chi connectivity index (χ2n) is 4.72. The van der Waals surface area contributed by atoms with E-state index in [1.807, 2.05) is 6.07 Å². The topological polar surface area (TPSA) is 64.4 Å². The summed E-state index contributed by atoms with van der Waals surface area (Å²) >= 11 is 3.30. The molecule has 0 aromatic heterocycles. The summed E-state index contributed by atoms with van der Waals surface area (Å²) in [5.41, 5.74) is 1.02. The van der Waals surface area contributed by atoms with Crippen LogP contribution in [0.3, 0.4) is 0 Å². The van der Waals surface area contributed by atoms with Crippen LogP contribution in [0.25, 0.3) is 0 Å². The molecule has 0 saturated carbocycles. The van der Waals surface area contributed by atoms with Gasteiger partial charge in [0, 0.05) is 25.8 Å². The molecule has 1 aliphatic rings. The van der Waals surface area contributed by atoms with Gasteiger partial charge in [-0.15, -0.1) is 0 Å². The molecule has 1 unspecified atom stereocenters. The summed E-state index contributed by atoms with van der Waals surface area (Å²) in [6.45, 7) is 3.18. The molecule has 2 rings (SSSR count). The van der Waals surface area contributed by atoms with E-state index in [-0.39, 0.29) is 10.6 Å². The molecule has 0 bridgehead atoms. The highest BCUT2D eigenvalue weighted by Crippen LogP contribution is 2.28. The van der Waals surface area contributed by atoms with Crippen molar-refractivity contribution >= 4 is 21.6 Å². The summed E-state index contributed by atoms with van der Waals surface area (Å²) in [6, 6.07) is 5.10. The Labute approximate surface area is 120 Å². The first kappa shape index (κ1) is 14.4. The minimum Gasteiger partial charge on any atom is -0.381 e. The van der Waals surface area contributed by atoms with Crippen molar-refractivity contribution < 1.29 is 9.66 Å². The Balaban J connectivity index is 1.88. The molecule has 0 spiro atoms. The normalized spacial score (nSPS) is 19.3. The number of halogens is 1. The van der Waals surface area contributed by atoms with Crippen molar-refractivity contribution in [2.45, 2.75) is 19.4 Å². The maximum absolute atomic E-state index is 10.8. The molecule has 6 heteroatoms.